The first-order valence-corrected chi connectivity index (χ1v) is 11.8. The summed E-state index contributed by atoms with van der Waals surface area (Å²) in [6, 6.07) is 15.4. The van der Waals surface area contributed by atoms with Crippen molar-refractivity contribution in [1.29, 1.82) is 0 Å². The Labute approximate surface area is 192 Å². The first kappa shape index (κ1) is 24.3. The maximum absolute atomic E-state index is 11.9. The van der Waals surface area contributed by atoms with Crippen molar-refractivity contribution in [1.82, 2.24) is 19.9 Å². The molecule has 9 nitrogen and oxygen atoms in total. The lowest BCUT2D eigenvalue weighted by Gasteiger charge is -2.11. The number of amides is 1. The van der Waals surface area contributed by atoms with E-state index >= 15 is 0 Å². The lowest BCUT2D eigenvalue weighted by atomic mass is 10.1. The monoisotopic (exact) mass is 469 g/mol. The number of hydrogen-bond acceptors (Lipinski definition) is 6. The standard InChI is InChI=1S/C17H21N5O.C6H6O3S/c1-11(2)9-22-10-19-15-16(22)12-6-4-5-7-13(12)20-17(15)21-14(23)8-18-3;7-10(8,9)6-4-2-1-3-5-6/h4-7,10-11,18H,8-9H2,1-3H3,(H,20,21,23);1-5H,(H,7,8,9). The third kappa shape index (κ3) is 6.13. The van der Waals surface area contributed by atoms with E-state index in [0.29, 0.717) is 11.7 Å². The molecule has 3 N–H and O–H groups in total. The quantitative estimate of drug-likeness (QED) is 0.370. The van der Waals surface area contributed by atoms with Crippen molar-refractivity contribution in [3.05, 3.63) is 60.9 Å². The maximum Gasteiger partial charge on any atom is 0.294 e. The average Bonchev–Trinajstić information content (AvgIpc) is 3.18. The number of fused-ring (bicyclic) bond motifs is 3. The van der Waals surface area contributed by atoms with Gasteiger partial charge in [-0.1, -0.05) is 50.2 Å². The second-order valence-electron chi connectivity index (χ2n) is 7.83. The van der Waals surface area contributed by atoms with E-state index < -0.39 is 10.1 Å². The van der Waals surface area contributed by atoms with Gasteiger partial charge in [-0.25, -0.2) is 9.97 Å². The molecule has 0 fully saturated rings. The Hall–Kier alpha value is -3.34. The zero-order valence-corrected chi connectivity index (χ0v) is 19.5. The van der Waals surface area contributed by atoms with Gasteiger partial charge in [0.05, 0.1) is 28.8 Å². The predicted molar refractivity (Wildman–Crippen MR) is 129 cm³/mol. The number of likely N-dealkylation sites (N-methyl/N-ethyl adjacent to an activating group) is 1. The zero-order valence-electron chi connectivity index (χ0n) is 18.7. The van der Waals surface area contributed by atoms with Gasteiger partial charge in [0.1, 0.15) is 5.52 Å². The topological polar surface area (TPSA) is 126 Å². The Balaban J connectivity index is 0.000000257. The molecule has 33 heavy (non-hydrogen) atoms. The van der Waals surface area contributed by atoms with E-state index in [1.807, 2.05) is 30.6 Å². The molecule has 0 radical (unpaired) electrons. The second kappa shape index (κ2) is 10.5. The Kier molecular flexibility index (Phi) is 7.75. The summed E-state index contributed by atoms with van der Waals surface area (Å²) < 4.78 is 31.4. The van der Waals surface area contributed by atoms with E-state index in [2.05, 4.69) is 39.0 Å². The first-order valence-electron chi connectivity index (χ1n) is 10.4. The van der Waals surface area contributed by atoms with Crippen LogP contribution in [0.25, 0.3) is 21.9 Å². The Bertz CT molecular complexity index is 1350. The highest BCUT2D eigenvalue weighted by atomic mass is 32.2. The minimum atomic E-state index is -4.00. The van der Waals surface area contributed by atoms with Gasteiger partial charge in [0.15, 0.2) is 5.82 Å². The molecule has 0 bridgehead atoms. The fraction of sp³-hybridized carbons (Fsp3) is 0.261. The number of carbonyl (C=O) groups excluding carboxylic acids is 1. The Morgan fingerprint density at radius 3 is 2.36 bits per heavy atom. The summed E-state index contributed by atoms with van der Waals surface area (Å²) >= 11 is 0. The van der Waals surface area contributed by atoms with E-state index in [1.54, 1.807) is 25.2 Å². The van der Waals surface area contributed by atoms with Crippen LogP contribution in [0.2, 0.25) is 0 Å². The molecule has 0 aliphatic rings. The number of para-hydroxylation sites is 1. The van der Waals surface area contributed by atoms with Crippen molar-refractivity contribution in [2.75, 3.05) is 18.9 Å². The van der Waals surface area contributed by atoms with Crippen LogP contribution in [0.5, 0.6) is 0 Å². The van der Waals surface area contributed by atoms with E-state index in [0.717, 1.165) is 28.5 Å². The molecule has 0 spiro atoms. The molecule has 1 amide bonds. The number of nitrogens with one attached hydrogen (secondary N) is 2. The second-order valence-corrected chi connectivity index (χ2v) is 9.25. The van der Waals surface area contributed by atoms with E-state index in [1.165, 1.54) is 12.1 Å². The van der Waals surface area contributed by atoms with Crippen molar-refractivity contribution >= 4 is 43.8 Å². The van der Waals surface area contributed by atoms with Gasteiger partial charge in [-0.15, -0.1) is 0 Å². The molecule has 10 heteroatoms. The molecule has 4 aromatic rings. The fourth-order valence-corrected chi connectivity index (χ4v) is 3.83. The molecule has 0 atom stereocenters. The van der Waals surface area contributed by atoms with E-state index in [9.17, 15) is 13.2 Å². The minimum absolute atomic E-state index is 0.0741. The Morgan fingerprint density at radius 2 is 1.76 bits per heavy atom. The first-order chi connectivity index (χ1) is 15.7. The number of rotatable bonds is 6. The van der Waals surface area contributed by atoms with Crippen LogP contribution in [0, 0.1) is 5.92 Å². The highest BCUT2D eigenvalue weighted by Crippen LogP contribution is 2.29. The average molecular weight is 470 g/mol. The van der Waals surface area contributed by atoms with Gasteiger partial charge < -0.3 is 15.2 Å². The molecule has 4 rings (SSSR count). The summed E-state index contributed by atoms with van der Waals surface area (Å²) in [5, 5.41) is 6.74. The summed E-state index contributed by atoms with van der Waals surface area (Å²) in [4.78, 5) is 20.9. The molecule has 0 aliphatic heterocycles. The largest absolute Gasteiger partial charge is 0.330 e. The molecule has 2 aromatic carbocycles. The minimum Gasteiger partial charge on any atom is -0.330 e. The summed E-state index contributed by atoms with van der Waals surface area (Å²) in [6.07, 6.45) is 1.83. The van der Waals surface area contributed by atoms with Gasteiger partial charge in [-0.05, 0) is 31.2 Å². The highest BCUT2D eigenvalue weighted by Gasteiger charge is 2.16. The smallest absolute Gasteiger partial charge is 0.294 e. The number of aromatic nitrogens is 3. The van der Waals surface area contributed by atoms with Crippen molar-refractivity contribution in [2.24, 2.45) is 5.92 Å². The zero-order chi connectivity index (χ0) is 24.0. The van der Waals surface area contributed by atoms with Crippen LogP contribution in [0.3, 0.4) is 0 Å². The van der Waals surface area contributed by atoms with Gasteiger partial charge in [0.25, 0.3) is 10.1 Å². The van der Waals surface area contributed by atoms with E-state index in [4.69, 9.17) is 4.55 Å². The van der Waals surface area contributed by atoms with Crippen molar-refractivity contribution in [2.45, 2.75) is 25.3 Å². The van der Waals surface area contributed by atoms with Gasteiger partial charge in [0, 0.05) is 11.9 Å². The van der Waals surface area contributed by atoms with Crippen LogP contribution in [0.15, 0.2) is 65.8 Å². The molecular formula is C23H27N5O4S. The molecule has 0 saturated heterocycles. The number of hydrogen-bond donors (Lipinski definition) is 3. The fourth-order valence-electron chi connectivity index (χ4n) is 3.33. The normalized spacial score (nSPS) is 11.4. The van der Waals surface area contributed by atoms with Crippen LogP contribution < -0.4 is 10.6 Å². The number of nitrogens with zero attached hydrogens (tertiary/aromatic N) is 3. The van der Waals surface area contributed by atoms with Gasteiger partial charge in [-0.2, -0.15) is 8.42 Å². The number of carbonyl (C=O) groups is 1. The molecule has 2 heterocycles. The van der Waals surface area contributed by atoms with Gasteiger partial charge in [0.2, 0.25) is 5.91 Å². The van der Waals surface area contributed by atoms with Crippen molar-refractivity contribution in [3.8, 4) is 0 Å². The third-order valence-corrected chi connectivity index (χ3v) is 5.52. The van der Waals surface area contributed by atoms with Crippen LogP contribution in [0.1, 0.15) is 13.8 Å². The lowest BCUT2D eigenvalue weighted by Crippen LogP contribution is -2.25. The van der Waals surface area contributed by atoms with E-state index in [-0.39, 0.29) is 17.3 Å². The third-order valence-electron chi connectivity index (χ3n) is 4.65. The molecule has 0 saturated carbocycles. The molecule has 2 aromatic heterocycles. The molecule has 0 aliphatic carbocycles. The van der Waals surface area contributed by atoms with Gasteiger partial charge in [-0.3, -0.25) is 9.35 Å². The van der Waals surface area contributed by atoms with Crippen molar-refractivity contribution < 1.29 is 17.8 Å². The van der Waals surface area contributed by atoms with Gasteiger partial charge >= 0.3 is 0 Å². The highest BCUT2D eigenvalue weighted by molar-refractivity contribution is 7.85. The van der Waals surface area contributed by atoms with Crippen LogP contribution in [-0.4, -0.2) is 47.0 Å². The number of pyridine rings is 1. The molecular weight excluding hydrogens is 442 g/mol. The number of benzene rings is 2. The van der Waals surface area contributed by atoms with Crippen LogP contribution in [-0.2, 0) is 21.5 Å². The molecule has 174 valence electrons. The SMILES string of the molecule is CNCC(=O)Nc1nc2ccccc2c2c1ncn2CC(C)C.O=S(=O)(O)c1ccccc1. The maximum atomic E-state index is 11.9. The summed E-state index contributed by atoms with van der Waals surface area (Å²) in [5.74, 6) is 0.887. The van der Waals surface area contributed by atoms with Crippen LogP contribution >= 0.6 is 0 Å². The Morgan fingerprint density at radius 1 is 1.09 bits per heavy atom. The van der Waals surface area contributed by atoms with Crippen molar-refractivity contribution in [3.63, 3.8) is 0 Å². The predicted octanol–water partition coefficient (Wildman–Crippen LogP) is 3.33. The summed E-state index contributed by atoms with van der Waals surface area (Å²) in [7, 11) is -2.27. The lowest BCUT2D eigenvalue weighted by molar-refractivity contribution is -0.115. The number of anilines is 1. The van der Waals surface area contributed by atoms with Crippen LogP contribution in [0.4, 0.5) is 5.82 Å². The summed E-state index contributed by atoms with van der Waals surface area (Å²) in [6.45, 7) is 5.45. The number of imidazole rings is 1. The molecule has 0 unspecified atom stereocenters. The summed E-state index contributed by atoms with van der Waals surface area (Å²) in [5.41, 5.74) is 2.60.